The Kier molecular flexibility index (Phi) is 6.95. The zero-order valence-corrected chi connectivity index (χ0v) is 18.1. The fourth-order valence-corrected chi connectivity index (χ4v) is 3.52. The van der Waals surface area contributed by atoms with E-state index in [1.807, 2.05) is 0 Å². The molecule has 1 aromatic carbocycles. The highest BCUT2D eigenvalue weighted by molar-refractivity contribution is 9.10. The van der Waals surface area contributed by atoms with Crippen LogP contribution in [0.25, 0.3) is 0 Å². The Hall–Kier alpha value is -3.34. The summed E-state index contributed by atoms with van der Waals surface area (Å²) in [6, 6.07) is 6.93. The quantitative estimate of drug-likeness (QED) is 0.386. The molecular weight excluding hydrogens is 472 g/mol. The van der Waals surface area contributed by atoms with E-state index in [9.17, 15) is 24.5 Å². The highest BCUT2D eigenvalue weighted by Gasteiger charge is 2.29. The molecule has 2 amide bonds. The average molecular weight is 491 g/mol. The van der Waals surface area contributed by atoms with E-state index in [1.165, 1.54) is 11.0 Å². The van der Waals surface area contributed by atoms with Crippen LogP contribution in [0.1, 0.15) is 33.6 Å². The predicted molar refractivity (Wildman–Crippen MR) is 114 cm³/mol. The number of nitrogens with one attached hydrogen (secondary N) is 1. The summed E-state index contributed by atoms with van der Waals surface area (Å²) in [4.78, 5) is 53.3. The van der Waals surface area contributed by atoms with Crippen LogP contribution in [-0.4, -0.2) is 52.8 Å². The van der Waals surface area contributed by atoms with Gasteiger partial charge in [-0.3, -0.25) is 19.7 Å². The second kappa shape index (κ2) is 9.65. The van der Waals surface area contributed by atoms with Crippen molar-refractivity contribution in [2.45, 2.75) is 12.8 Å². The van der Waals surface area contributed by atoms with Gasteiger partial charge in [0.05, 0.1) is 17.6 Å². The number of piperidine rings is 1. The number of halogens is 1. The van der Waals surface area contributed by atoms with Gasteiger partial charge in [0, 0.05) is 47.4 Å². The van der Waals surface area contributed by atoms with Gasteiger partial charge in [-0.2, -0.15) is 0 Å². The Morgan fingerprint density at radius 2 is 1.87 bits per heavy atom. The van der Waals surface area contributed by atoms with E-state index in [4.69, 9.17) is 0 Å². The number of methoxy groups -OCH3 is 1. The lowest BCUT2D eigenvalue weighted by Crippen LogP contribution is -2.41. The van der Waals surface area contributed by atoms with Crippen molar-refractivity contribution in [2.24, 2.45) is 5.92 Å². The standard InChI is InChI=1S/C20H19BrN4O6/c1-31-20(28)14-8-13(9-16(10-14)25(29)30)19(27)24-6-4-12(5-7-24)18(26)23-17-3-2-15(21)11-22-17/h2-3,8-12H,4-7H2,1H3,(H,22,23,26). The summed E-state index contributed by atoms with van der Waals surface area (Å²) in [6.45, 7) is 0.613. The molecule has 0 spiro atoms. The van der Waals surface area contributed by atoms with Gasteiger partial charge in [-0.05, 0) is 47.0 Å². The summed E-state index contributed by atoms with van der Waals surface area (Å²) in [5.41, 5.74) is -0.421. The van der Waals surface area contributed by atoms with Crippen LogP contribution in [0, 0.1) is 16.0 Å². The molecule has 0 saturated carbocycles. The summed E-state index contributed by atoms with van der Waals surface area (Å²) in [5.74, 6) is -1.23. The number of benzene rings is 1. The molecule has 162 valence electrons. The van der Waals surface area contributed by atoms with Gasteiger partial charge in [0.2, 0.25) is 5.91 Å². The van der Waals surface area contributed by atoms with Crippen molar-refractivity contribution >= 4 is 45.2 Å². The lowest BCUT2D eigenvalue weighted by Gasteiger charge is -2.31. The van der Waals surface area contributed by atoms with Crippen molar-refractivity contribution in [2.75, 3.05) is 25.5 Å². The normalized spacial score (nSPS) is 14.1. The largest absolute Gasteiger partial charge is 0.465 e. The van der Waals surface area contributed by atoms with Crippen LogP contribution in [0.2, 0.25) is 0 Å². The molecule has 0 aliphatic carbocycles. The van der Waals surface area contributed by atoms with Crippen LogP contribution in [-0.2, 0) is 9.53 Å². The fourth-order valence-electron chi connectivity index (χ4n) is 3.28. The van der Waals surface area contributed by atoms with E-state index < -0.39 is 16.8 Å². The van der Waals surface area contributed by atoms with E-state index in [-0.39, 0.29) is 28.6 Å². The molecule has 0 bridgehead atoms. The van der Waals surface area contributed by atoms with E-state index in [0.29, 0.717) is 31.7 Å². The highest BCUT2D eigenvalue weighted by atomic mass is 79.9. The Balaban J connectivity index is 1.66. The maximum Gasteiger partial charge on any atom is 0.338 e. The number of anilines is 1. The number of non-ortho nitro benzene ring substituents is 1. The van der Waals surface area contributed by atoms with Crippen LogP contribution < -0.4 is 5.32 Å². The Bertz CT molecular complexity index is 1020. The van der Waals surface area contributed by atoms with Crippen LogP contribution >= 0.6 is 15.9 Å². The number of nitro groups is 1. The van der Waals surface area contributed by atoms with Crippen LogP contribution in [0.15, 0.2) is 41.0 Å². The van der Waals surface area contributed by atoms with E-state index in [0.717, 1.165) is 23.7 Å². The third kappa shape index (κ3) is 5.43. The number of pyridine rings is 1. The van der Waals surface area contributed by atoms with Crippen molar-refractivity contribution in [3.63, 3.8) is 0 Å². The van der Waals surface area contributed by atoms with Crippen LogP contribution in [0.5, 0.6) is 0 Å². The molecule has 2 heterocycles. The highest BCUT2D eigenvalue weighted by Crippen LogP contribution is 2.24. The number of esters is 1. The molecule has 1 aliphatic rings. The summed E-state index contributed by atoms with van der Waals surface area (Å²) < 4.78 is 5.41. The summed E-state index contributed by atoms with van der Waals surface area (Å²) in [6.07, 6.45) is 2.46. The maximum atomic E-state index is 12.9. The molecule has 1 N–H and O–H groups in total. The zero-order chi connectivity index (χ0) is 22.5. The first-order valence-corrected chi connectivity index (χ1v) is 10.2. The minimum absolute atomic E-state index is 0.0246. The number of nitro benzene ring substituents is 1. The van der Waals surface area contributed by atoms with Crippen molar-refractivity contribution in [1.29, 1.82) is 0 Å². The smallest absolute Gasteiger partial charge is 0.338 e. The third-order valence-corrected chi connectivity index (χ3v) is 5.40. The van der Waals surface area contributed by atoms with Gasteiger partial charge in [-0.1, -0.05) is 0 Å². The number of amides is 2. The first kappa shape index (κ1) is 22.3. The van der Waals surface area contributed by atoms with E-state index >= 15 is 0 Å². The molecular formula is C20H19BrN4O6. The molecule has 1 fully saturated rings. The Labute approximate surface area is 185 Å². The number of hydrogen-bond acceptors (Lipinski definition) is 7. The van der Waals surface area contributed by atoms with Crippen molar-refractivity contribution in [3.8, 4) is 0 Å². The predicted octanol–water partition coefficient (Wildman–Crippen LogP) is 3.03. The molecule has 0 radical (unpaired) electrons. The summed E-state index contributed by atoms with van der Waals surface area (Å²) in [5, 5.41) is 13.9. The van der Waals surface area contributed by atoms with Gasteiger partial charge >= 0.3 is 5.97 Å². The molecule has 1 saturated heterocycles. The number of carbonyl (C=O) groups is 3. The third-order valence-electron chi connectivity index (χ3n) is 4.93. The average Bonchev–Trinajstić information content (AvgIpc) is 2.79. The van der Waals surface area contributed by atoms with Crippen molar-refractivity contribution < 1.29 is 24.0 Å². The van der Waals surface area contributed by atoms with Gasteiger partial charge in [0.15, 0.2) is 0 Å². The number of carbonyl (C=O) groups excluding carboxylic acids is 3. The minimum atomic E-state index is -0.769. The summed E-state index contributed by atoms with van der Waals surface area (Å²) >= 11 is 3.28. The number of likely N-dealkylation sites (tertiary alicyclic amines) is 1. The number of ether oxygens (including phenoxy) is 1. The molecule has 31 heavy (non-hydrogen) atoms. The second-order valence-corrected chi connectivity index (χ2v) is 7.85. The lowest BCUT2D eigenvalue weighted by atomic mass is 9.95. The topological polar surface area (TPSA) is 132 Å². The number of hydrogen-bond donors (Lipinski definition) is 1. The molecule has 11 heteroatoms. The molecule has 0 atom stereocenters. The Morgan fingerprint density at radius 1 is 1.19 bits per heavy atom. The SMILES string of the molecule is COC(=O)c1cc(C(=O)N2CCC(C(=O)Nc3ccc(Br)cn3)CC2)cc([N+](=O)[O-])c1. The first-order chi connectivity index (χ1) is 14.8. The monoisotopic (exact) mass is 490 g/mol. The van der Waals surface area contributed by atoms with Gasteiger partial charge in [-0.25, -0.2) is 9.78 Å². The van der Waals surface area contributed by atoms with E-state index in [1.54, 1.807) is 18.3 Å². The van der Waals surface area contributed by atoms with Crippen LogP contribution in [0.3, 0.4) is 0 Å². The van der Waals surface area contributed by atoms with Gasteiger partial charge in [0.1, 0.15) is 5.82 Å². The van der Waals surface area contributed by atoms with Gasteiger partial charge in [-0.15, -0.1) is 0 Å². The molecule has 0 unspecified atom stereocenters. The lowest BCUT2D eigenvalue weighted by molar-refractivity contribution is -0.384. The maximum absolute atomic E-state index is 12.9. The van der Waals surface area contributed by atoms with Gasteiger partial charge < -0.3 is 15.0 Å². The molecule has 2 aromatic rings. The number of aromatic nitrogens is 1. The van der Waals surface area contributed by atoms with Gasteiger partial charge in [0.25, 0.3) is 11.6 Å². The number of nitrogens with zero attached hydrogens (tertiary/aromatic N) is 3. The number of rotatable bonds is 5. The summed E-state index contributed by atoms with van der Waals surface area (Å²) in [7, 11) is 1.16. The molecule has 1 aliphatic heterocycles. The Morgan fingerprint density at radius 3 is 2.45 bits per heavy atom. The molecule has 10 nitrogen and oxygen atoms in total. The van der Waals surface area contributed by atoms with E-state index in [2.05, 4.69) is 31.0 Å². The van der Waals surface area contributed by atoms with Crippen molar-refractivity contribution in [1.82, 2.24) is 9.88 Å². The first-order valence-electron chi connectivity index (χ1n) is 9.38. The van der Waals surface area contributed by atoms with Crippen molar-refractivity contribution in [3.05, 3.63) is 62.2 Å². The zero-order valence-electron chi connectivity index (χ0n) is 16.5. The molecule has 1 aromatic heterocycles. The second-order valence-electron chi connectivity index (χ2n) is 6.93. The molecule has 3 rings (SSSR count). The van der Waals surface area contributed by atoms with Crippen LogP contribution in [0.4, 0.5) is 11.5 Å². The minimum Gasteiger partial charge on any atom is -0.465 e. The fraction of sp³-hybridized carbons (Fsp3) is 0.300.